The van der Waals surface area contributed by atoms with Crippen molar-refractivity contribution in [3.63, 3.8) is 0 Å². The van der Waals surface area contributed by atoms with Crippen molar-refractivity contribution in [2.45, 2.75) is 17.4 Å². The maximum atomic E-state index is 12.6. The van der Waals surface area contributed by atoms with Crippen LogP contribution in [0.25, 0.3) is 11.0 Å². The zero-order chi connectivity index (χ0) is 13.5. The molecule has 0 unspecified atom stereocenters. The third-order valence-corrected chi connectivity index (χ3v) is 5.39. The lowest BCUT2D eigenvalue weighted by Crippen LogP contribution is -2.30. The minimum absolute atomic E-state index is 0.0226. The lowest BCUT2D eigenvalue weighted by molar-refractivity contribution is 0.115. The Kier molecular flexibility index (Phi) is 3.08. The molecule has 1 aliphatic heterocycles. The van der Waals surface area contributed by atoms with Crippen molar-refractivity contribution in [2.24, 2.45) is 0 Å². The van der Waals surface area contributed by atoms with E-state index in [9.17, 15) is 8.42 Å². The number of ether oxygens (including phenoxy) is 1. The maximum absolute atomic E-state index is 12.6. The van der Waals surface area contributed by atoms with Gasteiger partial charge in [-0.2, -0.15) is 4.31 Å². The van der Waals surface area contributed by atoms with Gasteiger partial charge < -0.3 is 9.15 Å². The molecule has 6 heteroatoms. The second-order valence-electron chi connectivity index (χ2n) is 4.60. The predicted octanol–water partition coefficient (Wildman–Crippen LogP) is 1.84. The Hall–Kier alpha value is -1.37. The summed E-state index contributed by atoms with van der Waals surface area (Å²) in [5.41, 5.74) is 0.420. The molecule has 0 spiro atoms. The lowest BCUT2D eigenvalue weighted by Gasteiger charge is -2.16. The highest BCUT2D eigenvalue weighted by molar-refractivity contribution is 7.89. The summed E-state index contributed by atoms with van der Waals surface area (Å²) in [5.74, 6) is 0. The lowest BCUT2D eigenvalue weighted by atomic mass is 10.3. The van der Waals surface area contributed by atoms with Crippen LogP contribution < -0.4 is 0 Å². The van der Waals surface area contributed by atoms with Gasteiger partial charge in [0.25, 0.3) is 0 Å². The van der Waals surface area contributed by atoms with Crippen LogP contribution in [0, 0.1) is 0 Å². The van der Waals surface area contributed by atoms with Gasteiger partial charge in [0.2, 0.25) is 10.0 Å². The average Bonchev–Trinajstić information content (AvgIpc) is 3.06. The number of furan rings is 1. The van der Waals surface area contributed by atoms with Crippen molar-refractivity contribution in [1.29, 1.82) is 0 Å². The highest BCUT2D eigenvalue weighted by Crippen LogP contribution is 2.28. The van der Waals surface area contributed by atoms with Gasteiger partial charge in [-0.25, -0.2) is 8.42 Å². The Morgan fingerprint density at radius 2 is 2.21 bits per heavy atom. The predicted molar refractivity (Wildman–Crippen MR) is 70.4 cm³/mol. The van der Waals surface area contributed by atoms with Gasteiger partial charge in [0, 0.05) is 25.6 Å². The van der Waals surface area contributed by atoms with Crippen LogP contribution in [-0.4, -0.2) is 39.0 Å². The Morgan fingerprint density at radius 3 is 2.95 bits per heavy atom. The quantitative estimate of drug-likeness (QED) is 0.861. The summed E-state index contributed by atoms with van der Waals surface area (Å²) in [6.45, 7) is 0.883. The van der Waals surface area contributed by atoms with Gasteiger partial charge in [0.15, 0.2) is 5.58 Å². The normalized spacial score (nSPS) is 21.2. The largest absolute Gasteiger partial charge is 0.463 e. The van der Waals surface area contributed by atoms with E-state index < -0.39 is 10.0 Å². The number of hydrogen-bond acceptors (Lipinski definition) is 4. The molecule has 19 heavy (non-hydrogen) atoms. The van der Waals surface area contributed by atoms with Gasteiger partial charge in [0.1, 0.15) is 4.90 Å². The number of hydrogen-bond donors (Lipinski definition) is 0. The summed E-state index contributed by atoms with van der Waals surface area (Å²) in [5, 5.41) is 0.795. The highest BCUT2D eigenvalue weighted by Gasteiger charge is 2.34. The molecule has 1 fully saturated rings. The molecule has 0 amide bonds. The van der Waals surface area contributed by atoms with E-state index >= 15 is 0 Å². The van der Waals surface area contributed by atoms with E-state index in [-0.39, 0.29) is 11.0 Å². The number of fused-ring (bicyclic) bond motifs is 1. The van der Waals surface area contributed by atoms with E-state index in [4.69, 9.17) is 9.15 Å². The fourth-order valence-electron chi connectivity index (χ4n) is 2.42. The van der Waals surface area contributed by atoms with Gasteiger partial charge in [0.05, 0.1) is 12.4 Å². The molecule has 0 aliphatic carbocycles. The van der Waals surface area contributed by atoms with Crippen LogP contribution in [0.15, 0.2) is 39.8 Å². The van der Waals surface area contributed by atoms with Crippen LogP contribution in [0.1, 0.15) is 6.42 Å². The molecule has 1 saturated heterocycles. The standard InChI is InChI=1S/C13H15NO4S/c1-17-11-5-7-14(9-11)19(15,16)12-4-2-3-10-6-8-18-13(10)12/h2-4,6,8,11H,5,7,9H2,1H3/t11-/m0/s1. The molecule has 0 radical (unpaired) electrons. The van der Waals surface area contributed by atoms with Crippen molar-refractivity contribution in [2.75, 3.05) is 20.2 Å². The summed E-state index contributed by atoms with van der Waals surface area (Å²) in [6.07, 6.45) is 2.21. The number of sulfonamides is 1. The molecule has 0 saturated carbocycles. The van der Waals surface area contributed by atoms with E-state index in [0.717, 1.165) is 11.8 Å². The minimum atomic E-state index is -3.52. The minimum Gasteiger partial charge on any atom is -0.463 e. The molecule has 1 aliphatic rings. The number of para-hydroxylation sites is 1. The molecular formula is C13H15NO4S. The summed E-state index contributed by atoms with van der Waals surface area (Å²) in [7, 11) is -1.91. The van der Waals surface area contributed by atoms with Crippen molar-refractivity contribution in [3.05, 3.63) is 30.5 Å². The number of rotatable bonds is 3. The van der Waals surface area contributed by atoms with Crippen LogP contribution in [0.5, 0.6) is 0 Å². The molecular weight excluding hydrogens is 266 g/mol. The first kappa shape index (κ1) is 12.7. The number of nitrogens with zero attached hydrogens (tertiary/aromatic N) is 1. The molecule has 102 valence electrons. The van der Waals surface area contributed by atoms with E-state index in [0.29, 0.717) is 18.7 Å². The smallest absolute Gasteiger partial charge is 0.246 e. The fourth-order valence-corrected chi connectivity index (χ4v) is 4.05. The third-order valence-electron chi connectivity index (χ3n) is 3.50. The van der Waals surface area contributed by atoms with Gasteiger partial charge in [-0.1, -0.05) is 12.1 Å². The van der Waals surface area contributed by atoms with Gasteiger partial charge in [-0.15, -0.1) is 0 Å². The second kappa shape index (κ2) is 4.63. The van der Waals surface area contributed by atoms with Crippen molar-refractivity contribution in [3.8, 4) is 0 Å². The molecule has 1 atom stereocenters. The fraction of sp³-hybridized carbons (Fsp3) is 0.385. The number of benzene rings is 1. The zero-order valence-electron chi connectivity index (χ0n) is 10.6. The van der Waals surface area contributed by atoms with Crippen molar-refractivity contribution >= 4 is 21.0 Å². The van der Waals surface area contributed by atoms with E-state index in [1.54, 1.807) is 25.3 Å². The first-order chi connectivity index (χ1) is 9.13. The Morgan fingerprint density at radius 1 is 1.37 bits per heavy atom. The van der Waals surface area contributed by atoms with Gasteiger partial charge in [-0.05, 0) is 18.6 Å². The molecule has 2 heterocycles. The topological polar surface area (TPSA) is 59.8 Å². The van der Waals surface area contributed by atoms with E-state index in [1.807, 2.05) is 6.07 Å². The van der Waals surface area contributed by atoms with E-state index in [2.05, 4.69) is 0 Å². The Balaban J connectivity index is 2.03. The van der Waals surface area contributed by atoms with E-state index in [1.165, 1.54) is 10.6 Å². The first-order valence-electron chi connectivity index (χ1n) is 6.12. The SMILES string of the molecule is CO[C@H]1CCN(S(=O)(=O)c2cccc3ccoc23)C1. The molecule has 0 N–H and O–H groups in total. The molecule has 3 rings (SSSR count). The maximum Gasteiger partial charge on any atom is 0.246 e. The second-order valence-corrected chi connectivity index (χ2v) is 6.51. The summed E-state index contributed by atoms with van der Waals surface area (Å²) in [6, 6.07) is 6.91. The Labute approximate surface area is 111 Å². The Bertz CT molecular complexity index is 691. The monoisotopic (exact) mass is 281 g/mol. The zero-order valence-corrected chi connectivity index (χ0v) is 11.4. The van der Waals surface area contributed by atoms with Crippen LogP contribution in [0.3, 0.4) is 0 Å². The summed E-state index contributed by atoms with van der Waals surface area (Å²) < 4.78 is 37.2. The molecule has 1 aromatic carbocycles. The third kappa shape index (κ3) is 2.05. The molecule has 1 aromatic heterocycles. The molecule has 5 nitrogen and oxygen atoms in total. The summed E-state index contributed by atoms with van der Waals surface area (Å²) in [4.78, 5) is 0.228. The number of methoxy groups -OCH3 is 1. The molecule has 0 bridgehead atoms. The van der Waals surface area contributed by atoms with Crippen LogP contribution in [0.4, 0.5) is 0 Å². The van der Waals surface area contributed by atoms with Gasteiger partial charge >= 0.3 is 0 Å². The molecule has 2 aromatic rings. The van der Waals surface area contributed by atoms with Crippen molar-refractivity contribution < 1.29 is 17.6 Å². The van der Waals surface area contributed by atoms with Crippen LogP contribution in [0.2, 0.25) is 0 Å². The van der Waals surface area contributed by atoms with Crippen LogP contribution in [-0.2, 0) is 14.8 Å². The van der Waals surface area contributed by atoms with Crippen LogP contribution >= 0.6 is 0 Å². The average molecular weight is 281 g/mol. The summed E-state index contributed by atoms with van der Waals surface area (Å²) >= 11 is 0. The van der Waals surface area contributed by atoms with Gasteiger partial charge in [-0.3, -0.25) is 0 Å². The van der Waals surface area contributed by atoms with Crippen molar-refractivity contribution in [1.82, 2.24) is 4.31 Å². The first-order valence-corrected chi connectivity index (χ1v) is 7.56. The highest BCUT2D eigenvalue weighted by atomic mass is 32.2.